The number of amides is 1. The first-order valence-corrected chi connectivity index (χ1v) is 11.3. The van der Waals surface area contributed by atoms with Crippen molar-refractivity contribution in [2.45, 2.75) is 17.7 Å². The average molecular weight is 481 g/mol. The highest BCUT2D eigenvalue weighted by Crippen LogP contribution is 2.26. The number of nitrogens with one attached hydrogen (secondary N) is 1. The summed E-state index contributed by atoms with van der Waals surface area (Å²) in [5.41, 5.74) is 0.660. The van der Waals surface area contributed by atoms with E-state index in [2.05, 4.69) is 21.2 Å². The summed E-state index contributed by atoms with van der Waals surface area (Å²) in [7, 11) is -2.31. The zero-order valence-corrected chi connectivity index (χ0v) is 18.2. The van der Waals surface area contributed by atoms with Crippen LogP contribution in [0.25, 0.3) is 0 Å². The number of methoxy groups -OCH3 is 1. The number of sulfonamides is 1. The van der Waals surface area contributed by atoms with Crippen molar-refractivity contribution < 1.29 is 22.7 Å². The largest absolute Gasteiger partial charge is 0.465 e. The second-order valence-corrected chi connectivity index (χ2v) is 9.51. The summed E-state index contributed by atoms with van der Waals surface area (Å²) in [6.45, 7) is 0.518. The molecule has 29 heavy (non-hydrogen) atoms. The molecule has 2 aromatic carbocycles. The predicted molar refractivity (Wildman–Crippen MR) is 112 cm³/mol. The van der Waals surface area contributed by atoms with Crippen LogP contribution in [0.5, 0.6) is 0 Å². The Morgan fingerprint density at radius 3 is 2.31 bits per heavy atom. The van der Waals surface area contributed by atoms with E-state index in [4.69, 9.17) is 4.74 Å². The molecule has 2 aromatic rings. The van der Waals surface area contributed by atoms with Gasteiger partial charge in [0.25, 0.3) is 0 Å². The molecule has 1 aliphatic heterocycles. The second-order valence-electron chi connectivity index (χ2n) is 6.66. The molecule has 154 valence electrons. The van der Waals surface area contributed by atoms with Crippen LogP contribution in [0.4, 0.5) is 5.69 Å². The number of carbonyl (C=O) groups is 2. The fourth-order valence-corrected chi connectivity index (χ4v) is 4.96. The number of carbonyl (C=O) groups excluding carboxylic acids is 2. The number of benzene rings is 2. The first-order chi connectivity index (χ1) is 13.8. The SMILES string of the molecule is COC(=O)c1ccccc1NC(=O)C1CCN(S(=O)(=O)c2ccc(Br)cc2)CC1. The first-order valence-electron chi connectivity index (χ1n) is 9.07. The van der Waals surface area contributed by atoms with E-state index < -0.39 is 16.0 Å². The minimum absolute atomic E-state index is 0.232. The molecular weight excluding hydrogens is 460 g/mol. The van der Waals surface area contributed by atoms with Gasteiger partial charge >= 0.3 is 5.97 Å². The van der Waals surface area contributed by atoms with E-state index in [-0.39, 0.29) is 35.4 Å². The van der Waals surface area contributed by atoms with Gasteiger partial charge in [-0.1, -0.05) is 28.1 Å². The van der Waals surface area contributed by atoms with E-state index in [0.29, 0.717) is 18.5 Å². The molecule has 0 aliphatic carbocycles. The van der Waals surface area contributed by atoms with Gasteiger partial charge in [-0.15, -0.1) is 0 Å². The molecule has 1 fully saturated rings. The number of para-hydroxylation sites is 1. The minimum Gasteiger partial charge on any atom is -0.465 e. The molecule has 1 amide bonds. The Kier molecular flexibility index (Phi) is 6.71. The molecule has 1 aliphatic rings. The number of hydrogen-bond acceptors (Lipinski definition) is 5. The van der Waals surface area contributed by atoms with Gasteiger partial charge in [-0.3, -0.25) is 4.79 Å². The lowest BCUT2D eigenvalue weighted by molar-refractivity contribution is -0.120. The third kappa shape index (κ3) is 4.85. The summed E-state index contributed by atoms with van der Waals surface area (Å²) in [5, 5.41) is 2.77. The maximum Gasteiger partial charge on any atom is 0.339 e. The molecule has 1 saturated heterocycles. The molecule has 9 heteroatoms. The second kappa shape index (κ2) is 9.06. The molecule has 0 spiro atoms. The van der Waals surface area contributed by atoms with Crippen molar-refractivity contribution in [3.63, 3.8) is 0 Å². The van der Waals surface area contributed by atoms with Gasteiger partial charge in [-0.2, -0.15) is 4.31 Å². The summed E-state index contributed by atoms with van der Waals surface area (Å²) in [4.78, 5) is 24.7. The van der Waals surface area contributed by atoms with E-state index in [9.17, 15) is 18.0 Å². The van der Waals surface area contributed by atoms with Gasteiger partial charge in [0.2, 0.25) is 15.9 Å². The molecule has 0 atom stereocenters. The lowest BCUT2D eigenvalue weighted by Gasteiger charge is -2.30. The van der Waals surface area contributed by atoms with E-state index in [1.165, 1.54) is 11.4 Å². The van der Waals surface area contributed by atoms with Crippen molar-refractivity contribution in [3.8, 4) is 0 Å². The van der Waals surface area contributed by atoms with Crippen molar-refractivity contribution in [2.24, 2.45) is 5.92 Å². The fourth-order valence-electron chi connectivity index (χ4n) is 3.23. The molecule has 0 aromatic heterocycles. The van der Waals surface area contributed by atoms with Gasteiger partial charge in [-0.25, -0.2) is 13.2 Å². The van der Waals surface area contributed by atoms with E-state index in [1.54, 1.807) is 48.5 Å². The van der Waals surface area contributed by atoms with E-state index in [1.807, 2.05) is 0 Å². The number of ether oxygens (including phenoxy) is 1. The van der Waals surface area contributed by atoms with Crippen LogP contribution in [0, 0.1) is 5.92 Å². The standard InChI is InChI=1S/C20H21BrN2O5S/c1-28-20(25)17-4-2-3-5-18(17)22-19(24)14-10-12-23(13-11-14)29(26,27)16-8-6-15(21)7-9-16/h2-9,14H,10-13H2,1H3,(H,22,24). The van der Waals surface area contributed by atoms with Crippen LogP contribution in [-0.4, -0.2) is 44.8 Å². The van der Waals surface area contributed by atoms with Gasteiger partial charge in [0.1, 0.15) is 0 Å². The topological polar surface area (TPSA) is 92.8 Å². The molecule has 1 heterocycles. The zero-order valence-electron chi connectivity index (χ0n) is 15.8. The quantitative estimate of drug-likeness (QED) is 0.662. The smallest absolute Gasteiger partial charge is 0.339 e. The zero-order chi connectivity index (χ0) is 21.0. The van der Waals surface area contributed by atoms with Crippen LogP contribution in [-0.2, 0) is 19.6 Å². The first kappa shape index (κ1) is 21.5. The van der Waals surface area contributed by atoms with Gasteiger partial charge in [0, 0.05) is 23.5 Å². The monoisotopic (exact) mass is 480 g/mol. The van der Waals surface area contributed by atoms with Gasteiger partial charge in [0.05, 0.1) is 23.3 Å². The summed E-state index contributed by atoms with van der Waals surface area (Å²) >= 11 is 3.30. The van der Waals surface area contributed by atoms with Crippen molar-refractivity contribution in [2.75, 3.05) is 25.5 Å². The molecule has 0 unspecified atom stereocenters. The third-order valence-electron chi connectivity index (χ3n) is 4.87. The number of esters is 1. The average Bonchev–Trinajstić information content (AvgIpc) is 2.74. The van der Waals surface area contributed by atoms with Crippen molar-refractivity contribution >= 4 is 43.5 Å². The van der Waals surface area contributed by atoms with Gasteiger partial charge in [-0.05, 0) is 49.2 Å². The highest BCUT2D eigenvalue weighted by Gasteiger charge is 2.32. The van der Waals surface area contributed by atoms with Crippen LogP contribution in [0.1, 0.15) is 23.2 Å². The molecule has 0 saturated carbocycles. The van der Waals surface area contributed by atoms with E-state index >= 15 is 0 Å². The lowest BCUT2D eigenvalue weighted by atomic mass is 9.97. The lowest BCUT2D eigenvalue weighted by Crippen LogP contribution is -2.41. The molecule has 3 rings (SSSR count). The summed E-state index contributed by atoms with van der Waals surface area (Å²) in [5.74, 6) is -1.10. The highest BCUT2D eigenvalue weighted by atomic mass is 79.9. The highest BCUT2D eigenvalue weighted by molar-refractivity contribution is 9.10. The Morgan fingerprint density at radius 1 is 1.07 bits per heavy atom. The van der Waals surface area contributed by atoms with Crippen LogP contribution >= 0.6 is 15.9 Å². The number of piperidine rings is 1. The number of anilines is 1. The Labute approximate surface area is 178 Å². The van der Waals surface area contributed by atoms with Crippen molar-refractivity contribution in [1.29, 1.82) is 0 Å². The Hall–Kier alpha value is -2.23. The van der Waals surface area contributed by atoms with Gasteiger partial charge in [0.15, 0.2) is 0 Å². The van der Waals surface area contributed by atoms with Gasteiger partial charge < -0.3 is 10.1 Å². The number of nitrogens with zero attached hydrogens (tertiary/aromatic N) is 1. The Morgan fingerprint density at radius 2 is 1.69 bits per heavy atom. The molecular formula is C20H21BrN2O5S. The van der Waals surface area contributed by atoms with Crippen LogP contribution < -0.4 is 5.32 Å². The predicted octanol–water partition coefficient (Wildman–Crippen LogP) is 3.28. The van der Waals surface area contributed by atoms with Crippen LogP contribution in [0.3, 0.4) is 0 Å². The fraction of sp³-hybridized carbons (Fsp3) is 0.300. The van der Waals surface area contributed by atoms with Crippen molar-refractivity contribution in [3.05, 3.63) is 58.6 Å². The molecule has 7 nitrogen and oxygen atoms in total. The number of rotatable bonds is 5. The molecule has 0 radical (unpaired) electrons. The molecule has 0 bridgehead atoms. The summed E-state index contributed by atoms with van der Waals surface area (Å²) < 4.78 is 32.5. The Bertz CT molecular complexity index is 1000. The maximum atomic E-state index is 12.8. The Balaban J connectivity index is 1.64. The maximum absolute atomic E-state index is 12.8. The van der Waals surface area contributed by atoms with Crippen LogP contribution in [0.2, 0.25) is 0 Å². The number of hydrogen-bond donors (Lipinski definition) is 1. The number of halogens is 1. The third-order valence-corrected chi connectivity index (χ3v) is 7.31. The van der Waals surface area contributed by atoms with E-state index in [0.717, 1.165) is 4.47 Å². The molecule has 1 N–H and O–H groups in total. The normalized spacial score (nSPS) is 15.7. The summed E-state index contributed by atoms with van der Waals surface area (Å²) in [6.07, 6.45) is 0.809. The van der Waals surface area contributed by atoms with Crippen LogP contribution in [0.15, 0.2) is 57.9 Å². The minimum atomic E-state index is -3.59. The van der Waals surface area contributed by atoms with Crippen molar-refractivity contribution in [1.82, 2.24) is 4.31 Å². The summed E-state index contributed by atoms with van der Waals surface area (Å²) in [6, 6.07) is 13.1.